The first-order valence-electron chi connectivity index (χ1n) is 8.71. The van der Waals surface area contributed by atoms with Crippen molar-refractivity contribution in [3.8, 4) is 11.3 Å². The van der Waals surface area contributed by atoms with Crippen LogP contribution in [0.2, 0.25) is 5.02 Å². The fourth-order valence-corrected chi connectivity index (χ4v) is 3.66. The van der Waals surface area contributed by atoms with Crippen molar-refractivity contribution in [3.63, 3.8) is 0 Å². The normalized spacial score (nSPS) is 14.5. The molecule has 11 nitrogen and oxygen atoms in total. The van der Waals surface area contributed by atoms with Gasteiger partial charge in [-0.1, -0.05) is 41.0 Å². The van der Waals surface area contributed by atoms with Crippen molar-refractivity contribution in [1.29, 1.82) is 0 Å². The second kappa shape index (κ2) is 6.74. The summed E-state index contributed by atoms with van der Waals surface area (Å²) in [6.07, 6.45) is 0. The van der Waals surface area contributed by atoms with Crippen LogP contribution in [-0.2, 0) is 0 Å². The van der Waals surface area contributed by atoms with E-state index in [0.717, 1.165) is 0 Å². The van der Waals surface area contributed by atoms with Gasteiger partial charge in [0.2, 0.25) is 5.95 Å². The third kappa shape index (κ3) is 2.71. The Morgan fingerprint density at radius 2 is 1.90 bits per heavy atom. The smallest absolute Gasteiger partial charge is 0.288 e. The number of rotatable bonds is 3. The van der Waals surface area contributed by atoms with Gasteiger partial charge in [0.15, 0.2) is 0 Å². The molecular formula is C18H11ClN8O3. The Bertz CT molecular complexity index is 1350. The number of nitro benzene ring substituents is 1. The van der Waals surface area contributed by atoms with Crippen molar-refractivity contribution in [2.45, 2.75) is 6.04 Å². The molecule has 0 fully saturated rings. The van der Waals surface area contributed by atoms with Gasteiger partial charge in [0.05, 0.1) is 16.2 Å². The predicted molar refractivity (Wildman–Crippen MR) is 107 cm³/mol. The number of fused-ring (bicyclic) bond motifs is 2. The van der Waals surface area contributed by atoms with Crippen LogP contribution in [0.25, 0.3) is 11.3 Å². The van der Waals surface area contributed by atoms with Gasteiger partial charge in [-0.05, 0) is 28.6 Å². The van der Waals surface area contributed by atoms with E-state index in [1.807, 2.05) is 0 Å². The first-order chi connectivity index (χ1) is 14.5. The minimum atomic E-state index is -0.853. The summed E-state index contributed by atoms with van der Waals surface area (Å²) in [5.74, 6) is 0.185. The summed E-state index contributed by atoms with van der Waals surface area (Å²) in [7, 11) is 0. The molecule has 1 aliphatic rings. The van der Waals surface area contributed by atoms with E-state index >= 15 is 0 Å². The standard InChI is InChI=1S/C18H11ClN8O3/c19-10-7-5-9(6-8-10)14-13-15(17(28)22-21-14)20-18-23-24-25-26(18)16(13)11-3-1-2-4-12(11)27(29)30/h1-8,16H,(H,22,28)(H,20,23,25). The zero-order valence-corrected chi connectivity index (χ0v) is 15.7. The highest BCUT2D eigenvalue weighted by atomic mass is 35.5. The summed E-state index contributed by atoms with van der Waals surface area (Å²) in [4.78, 5) is 23.8. The van der Waals surface area contributed by atoms with E-state index in [2.05, 4.69) is 31.0 Å². The number of hydrogen-bond donors (Lipinski definition) is 2. The zero-order chi connectivity index (χ0) is 20.8. The lowest BCUT2D eigenvalue weighted by Crippen LogP contribution is -2.29. The second-order valence-electron chi connectivity index (χ2n) is 6.49. The number of H-pyrrole nitrogens is 1. The number of nitro groups is 1. The molecule has 0 spiro atoms. The number of aromatic amines is 1. The lowest BCUT2D eigenvalue weighted by atomic mass is 9.91. The molecular weight excluding hydrogens is 412 g/mol. The Labute approximate surface area is 172 Å². The predicted octanol–water partition coefficient (Wildman–Crippen LogP) is 2.68. The monoisotopic (exact) mass is 422 g/mol. The van der Waals surface area contributed by atoms with Crippen LogP contribution < -0.4 is 10.9 Å². The van der Waals surface area contributed by atoms with E-state index in [9.17, 15) is 14.9 Å². The van der Waals surface area contributed by atoms with Crippen LogP contribution in [-0.4, -0.2) is 35.3 Å². The average Bonchev–Trinajstić information content (AvgIpc) is 3.22. The molecule has 2 aromatic heterocycles. The minimum absolute atomic E-state index is 0.126. The lowest BCUT2D eigenvalue weighted by molar-refractivity contribution is -0.385. The summed E-state index contributed by atoms with van der Waals surface area (Å²) in [6.45, 7) is 0. The first kappa shape index (κ1) is 17.9. The van der Waals surface area contributed by atoms with Gasteiger partial charge in [0.25, 0.3) is 11.2 Å². The van der Waals surface area contributed by atoms with E-state index in [-0.39, 0.29) is 17.3 Å². The van der Waals surface area contributed by atoms with Gasteiger partial charge in [-0.25, -0.2) is 5.10 Å². The fourth-order valence-electron chi connectivity index (χ4n) is 3.54. The molecule has 0 radical (unpaired) electrons. The van der Waals surface area contributed by atoms with Crippen LogP contribution in [0.15, 0.2) is 53.3 Å². The van der Waals surface area contributed by atoms with E-state index in [1.165, 1.54) is 10.7 Å². The van der Waals surface area contributed by atoms with E-state index in [0.29, 0.717) is 27.4 Å². The molecule has 2 N–H and O–H groups in total. The molecule has 3 heterocycles. The molecule has 1 atom stereocenters. The van der Waals surface area contributed by atoms with Crippen LogP contribution in [0.5, 0.6) is 0 Å². The summed E-state index contributed by atoms with van der Waals surface area (Å²) in [5.41, 5.74) is 1.35. The number of halogens is 1. The highest BCUT2D eigenvalue weighted by Gasteiger charge is 2.37. The molecule has 1 aliphatic heterocycles. The number of para-hydroxylation sites is 1. The number of anilines is 2. The van der Waals surface area contributed by atoms with Gasteiger partial charge < -0.3 is 5.32 Å². The average molecular weight is 423 g/mol. The third-order valence-corrected chi connectivity index (χ3v) is 5.07. The highest BCUT2D eigenvalue weighted by molar-refractivity contribution is 6.30. The van der Waals surface area contributed by atoms with Crippen LogP contribution in [0.1, 0.15) is 17.2 Å². The fraction of sp³-hybridized carbons (Fsp3) is 0.0556. The maximum atomic E-state index is 12.6. The van der Waals surface area contributed by atoms with Crippen LogP contribution in [0, 0.1) is 10.1 Å². The highest BCUT2D eigenvalue weighted by Crippen LogP contribution is 2.43. The number of nitrogens with zero attached hydrogens (tertiary/aromatic N) is 6. The largest absolute Gasteiger partial charge is 0.318 e. The van der Waals surface area contributed by atoms with E-state index in [4.69, 9.17) is 11.6 Å². The zero-order valence-electron chi connectivity index (χ0n) is 15.0. The van der Waals surface area contributed by atoms with Crippen molar-refractivity contribution in [3.05, 3.63) is 85.1 Å². The third-order valence-electron chi connectivity index (χ3n) is 4.81. The molecule has 0 bridgehead atoms. The second-order valence-corrected chi connectivity index (χ2v) is 6.92. The summed E-state index contributed by atoms with van der Waals surface area (Å²) in [6, 6.07) is 12.3. The van der Waals surface area contributed by atoms with E-state index < -0.39 is 16.5 Å². The van der Waals surface area contributed by atoms with Gasteiger partial charge in [-0.15, -0.1) is 0 Å². The van der Waals surface area contributed by atoms with Crippen molar-refractivity contribution in [1.82, 2.24) is 30.4 Å². The molecule has 4 aromatic rings. The summed E-state index contributed by atoms with van der Waals surface area (Å²) >= 11 is 6.00. The van der Waals surface area contributed by atoms with E-state index in [1.54, 1.807) is 42.5 Å². The topological polar surface area (TPSA) is 145 Å². The van der Waals surface area contributed by atoms with Crippen LogP contribution in [0.3, 0.4) is 0 Å². The lowest BCUT2D eigenvalue weighted by Gasteiger charge is -2.27. The number of tetrazole rings is 1. The quantitative estimate of drug-likeness (QED) is 0.333. The van der Waals surface area contributed by atoms with Crippen LogP contribution >= 0.6 is 11.6 Å². The Balaban J connectivity index is 1.85. The van der Waals surface area contributed by atoms with Gasteiger partial charge in [0.1, 0.15) is 11.7 Å². The number of aromatic nitrogens is 6. The molecule has 30 heavy (non-hydrogen) atoms. The molecule has 0 saturated carbocycles. The van der Waals surface area contributed by atoms with Crippen molar-refractivity contribution in [2.24, 2.45) is 0 Å². The number of benzene rings is 2. The number of nitrogens with one attached hydrogen (secondary N) is 2. The SMILES string of the molecule is O=c1[nH]nc(-c2ccc(Cl)cc2)c2c1Nc1nnnn1C2c1ccccc1[N+](=O)[O-]. The van der Waals surface area contributed by atoms with Crippen molar-refractivity contribution < 1.29 is 4.92 Å². The molecule has 12 heteroatoms. The molecule has 1 unspecified atom stereocenters. The Hall–Kier alpha value is -4.12. The van der Waals surface area contributed by atoms with Gasteiger partial charge >= 0.3 is 0 Å². The van der Waals surface area contributed by atoms with Crippen molar-refractivity contribution >= 4 is 28.9 Å². The molecule has 148 valence electrons. The molecule has 2 aromatic carbocycles. The number of hydrogen-bond acceptors (Lipinski definition) is 8. The van der Waals surface area contributed by atoms with Gasteiger partial charge in [0, 0.05) is 22.2 Å². The Morgan fingerprint density at radius 3 is 2.67 bits per heavy atom. The minimum Gasteiger partial charge on any atom is -0.318 e. The molecule has 0 amide bonds. The molecule has 0 saturated heterocycles. The Kier molecular flexibility index (Phi) is 4.03. The van der Waals surface area contributed by atoms with Gasteiger partial charge in [-0.3, -0.25) is 14.9 Å². The summed E-state index contributed by atoms with van der Waals surface area (Å²) < 4.78 is 1.39. The van der Waals surface area contributed by atoms with Gasteiger partial charge in [-0.2, -0.15) is 9.78 Å². The molecule has 5 rings (SSSR count). The Morgan fingerprint density at radius 1 is 1.13 bits per heavy atom. The summed E-state index contributed by atoms with van der Waals surface area (Å²) in [5, 5.41) is 33.4. The van der Waals surface area contributed by atoms with Crippen LogP contribution in [0.4, 0.5) is 17.3 Å². The maximum absolute atomic E-state index is 12.6. The maximum Gasteiger partial charge on any atom is 0.288 e. The first-order valence-corrected chi connectivity index (χ1v) is 9.09. The van der Waals surface area contributed by atoms with Crippen molar-refractivity contribution in [2.75, 3.05) is 5.32 Å². The molecule has 0 aliphatic carbocycles.